The van der Waals surface area contributed by atoms with E-state index >= 15 is 0 Å². The van der Waals surface area contributed by atoms with Crippen LogP contribution in [0.25, 0.3) is 0 Å². The molecule has 6 nitrogen and oxygen atoms in total. The number of nitrogens with zero attached hydrogens (tertiary/aromatic N) is 1. The van der Waals surface area contributed by atoms with Gasteiger partial charge in [0.15, 0.2) is 0 Å². The molecule has 0 unspecified atom stereocenters. The van der Waals surface area contributed by atoms with E-state index in [1.807, 2.05) is 0 Å². The van der Waals surface area contributed by atoms with Gasteiger partial charge in [0.25, 0.3) is 11.6 Å². The highest BCUT2D eigenvalue weighted by atomic mass is 79.9. The number of phenolic OH excluding ortho intramolecular Hbond substituents is 1. The molecule has 8 heteroatoms. The third kappa shape index (κ3) is 3.59. The number of benzene rings is 2. The lowest BCUT2D eigenvalue weighted by Crippen LogP contribution is -2.13. The SMILES string of the molecule is O=C(Nc1cc([N+](=O)[O-])ccc1O)c1cc(Br)ccc1Br. The van der Waals surface area contributed by atoms with Crippen LogP contribution in [0.2, 0.25) is 0 Å². The number of phenols is 1. The first-order valence-corrected chi connectivity index (χ1v) is 7.21. The van der Waals surface area contributed by atoms with Crippen LogP contribution in [-0.4, -0.2) is 15.9 Å². The zero-order valence-electron chi connectivity index (χ0n) is 10.3. The fourth-order valence-corrected chi connectivity index (χ4v) is 2.39. The Morgan fingerprint density at radius 3 is 2.57 bits per heavy atom. The van der Waals surface area contributed by atoms with Crippen molar-refractivity contribution in [2.45, 2.75) is 0 Å². The summed E-state index contributed by atoms with van der Waals surface area (Å²) in [4.78, 5) is 22.3. The van der Waals surface area contributed by atoms with Gasteiger partial charge < -0.3 is 10.4 Å². The first-order chi connectivity index (χ1) is 9.88. The minimum absolute atomic E-state index is 0.0268. The number of rotatable bonds is 3. The summed E-state index contributed by atoms with van der Waals surface area (Å²) in [5, 5.41) is 22.8. The minimum Gasteiger partial charge on any atom is -0.506 e. The molecule has 0 atom stereocenters. The fraction of sp³-hybridized carbons (Fsp3) is 0. The van der Waals surface area contributed by atoms with E-state index in [2.05, 4.69) is 37.2 Å². The summed E-state index contributed by atoms with van der Waals surface area (Å²) in [5.74, 6) is -0.751. The number of nitro groups is 1. The third-order valence-corrected chi connectivity index (χ3v) is 3.80. The topological polar surface area (TPSA) is 92.5 Å². The highest BCUT2D eigenvalue weighted by molar-refractivity contribution is 9.11. The molecule has 0 aliphatic heterocycles. The number of non-ortho nitro benzene ring substituents is 1. The highest BCUT2D eigenvalue weighted by Gasteiger charge is 2.15. The van der Waals surface area contributed by atoms with Crippen LogP contribution in [0.3, 0.4) is 0 Å². The van der Waals surface area contributed by atoms with Crippen molar-refractivity contribution in [3.63, 3.8) is 0 Å². The van der Waals surface area contributed by atoms with Gasteiger partial charge in [-0.2, -0.15) is 0 Å². The number of hydrogen-bond donors (Lipinski definition) is 2. The molecule has 0 saturated heterocycles. The number of hydrogen-bond acceptors (Lipinski definition) is 4. The van der Waals surface area contributed by atoms with Crippen LogP contribution in [-0.2, 0) is 0 Å². The van der Waals surface area contributed by atoms with Crippen molar-refractivity contribution >= 4 is 49.1 Å². The Labute approximate surface area is 136 Å². The Morgan fingerprint density at radius 2 is 1.90 bits per heavy atom. The molecule has 2 rings (SSSR count). The molecule has 2 aromatic rings. The zero-order valence-corrected chi connectivity index (χ0v) is 13.5. The van der Waals surface area contributed by atoms with Gasteiger partial charge in [-0.3, -0.25) is 14.9 Å². The van der Waals surface area contributed by atoms with Gasteiger partial charge in [0, 0.05) is 21.1 Å². The number of halogens is 2. The average Bonchev–Trinajstić information content (AvgIpc) is 2.43. The van der Waals surface area contributed by atoms with Crippen LogP contribution in [0.5, 0.6) is 5.75 Å². The Kier molecular flexibility index (Phi) is 4.59. The highest BCUT2D eigenvalue weighted by Crippen LogP contribution is 2.29. The second kappa shape index (κ2) is 6.23. The van der Waals surface area contributed by atoms with E-state index in [0.29, 0.717) is 14.5 Å². The Morgan fingerprint density at radius 1 is 1.19 bits per heavy atom. The number of carbonyl (C=O) groups excluding carboxylic acids is 1. The van der Waals surface area contributed by atoms with E-state index in [0.717, 1.165) is 18.2 Å². The van der Waals surface area contributed by atoms with Crippen molar-refractivity contribution in [2.24, 2.45) is 0 Å². The number of nitro benzene ring substituents is 1. The predicted octanol–water partition coefficient (Wildman–Crippen LogP) is 4.08. The summed E-state index contributed by atoms with van der Waals surface area (Å²) < 4.78 is 1.27. The van der Waals surface area contributed by atoms with Gasteiger partial charge in [0.05, 0.1) is 16.2 Å². The molecule has 0 fully saturated rings. The van der Waals surface area contributed by atoms with Gasteiger partial charge in [-0.15, -0.1) is 0 Å². The monoisotopic (exact) mass is 414 g/mol. The van der Waals surface area contributed by atoms with Crippen molar-refractivity contribution < 1.29 is 14.8 Å². The molecule has 0 heterocycles. The minimum atomic E-state index is -0.607. The fourth-order valence-electron chi connectivity index (χ4n) is 1.60. The van der Waals surface area contributed by atoms with Crippen molar-refractivity contribution in [2.75, 3.05) is 5.32 Å². The molecule has 2 aromatic carbocycles. The van der Waals surface area contributed by atoms with Crippen LogP contribution in [0.4, 0.5) is 11.4 Å². The molecule has 0 saturated carbocycles. The number of anilines is 1. The smallest absolute Gasteiger partial charge is 0.271 e. The molecular formula is C13H8Br2N2O4. The summed E-state index contributed by atoms with van der Waals surface area (Å²) in [6, 6.07) is 8.44. The average molecular weight is 416 g/mol. The summed E-state index contributed by atoms with van der Waals surface area (Å²) in [7, 11) is 0. The van der Waals surface area contributed by atoms with E-state index in [1.165, 1.54) is 0 Å². The lowest BCUT2D eigenvalue weighted by atomic mass is 10.2. The Hall–Kier alpha value is -1.93. The normalized spacial score (nSPS) is 10.2. The van der Waals surface area contributed by atoms with Gasteiger partial charge in [-0.05, 0) is 40.2 Å². The van der Waals surface area contributed by atoms with E-state index < -0.39 is 10.8 Å². The quantitative estimate of drug-likeness (QED) is 0.448. The first-order valence-electron chi connectivity index (χ1n) is 5.62. The first kappa shape index (κ1) is 15.5. The van der Waals surface area contributed by atoms with Crippen LogP contribution < -0.4 is 5.32 Å². The van der Waals surface area contributed by atoms with Crippen molar-refractivity contribution in [3.05, 3.63) is 61.0 Å². The van der Waals surface area contributed by atoms with Gasteiger partial charge >= 0.3 is 0 Å². The second-order valence-corrected chi connectivity index (χ2v) is 5.81. The maximum absolute atomic E-state index is 12.2. The van der Waals surface area contributed by atoms with E-state index in [1.54, 1.807) is 18.2 Å². The number of aromatic hydroxyl groups is 1. The number of nitrogens with one attached hydrogen (secondary N) is 1. The van der Waals surface area contributed by atoms with Crippen molar-refractivity contribution in [3.8, 4) is 5.75 Å². The van der Waals surface area contributed by atoms with Crippen LogP contribution >= 0.6 is 31.9 Å². The van der Waals surface area contributed by atoms with Gasteiger partial charge in [0.2, 0.25) is 0 Å². The Balaban J connectivity index is 2.33. The summed E-state index contributed by atoms with van der Waals surface area (Å²) >= 11 is 6.50. The lowest BCUT2D eigenvalue weighted by molar-refractivity contribution is -0.384. The van der Waals surface area contributed by atoms with Crippen molar-refractivity contribution in [1.29, 1.82) is 0 Å². The van der Waals surface area contributed by atoms with Gasteiger partial charge in [-0.25, -0.2) is 0 Å². The summed E-state index contributed by atoms with van der Waals surface area (Å²) in [6.45, 7) is 0. The summed E-state index contributed by atoms with van der Waals surface area (Å²) in [6.07, 6.45) is 0. The van der Waals surface area contributed by atoms with E-state index in [9.17, 15) is 20.0 Å². The van der Waals surface area contributed by atoms with Crippen LogP contribution in [0, 0.1) is 10.1 Å². The molecule has 0 bridgehead atoms. The molecule has 108 valence electrons. The molecule has 0 aliphatic carbocycles. The molecule has 0 radical (unpaired) electrons. The maximum Gasteiger partial charge on any atom is 0.271 e. The molecule has 21 heavy (non-hydrogen) atoms. The van der Waals surface area contributed by atoms with Crippen molar-refractivity contribution in [1.82, 2.24) is 0 Å². The molecule has 2 N–H and O–H groups in total. The van der Waals surface area contributed by atoms with Crippen LogP contribution in [0.1, 0.15) is 10.4 Å². The summed E-state index contributed by atoms with van der Waals surface area (Å²) in [5.41, 5.74) is 0.0766. The van der Waals surface area contributed by atoms with Gasteiger partial charge in [-0.1, -0.05) is 15.9 Å². The molecule has 1 amide bonds. The second-order valence-electron chi connectivity index (χ2n) is 4.04. The molecule has 0 aromatic heterocycles. The number of amides is 1. The molecular weight excluding hydrogens is 408 g/mol. The van der Waals surface area contributed by atoms with E-state index in [4.69, 9.17) is 0 Å². The third-order valence-electron chi connectivity index (χ3n) is 2.61. The number of carbonyl (C=O) groups is 1. The lowest BCUT2D eigenvalue weighted by Gasteiger charge is -2.09. The predicted molar refractivity (Wildman–Crippen MR) is 84.6 cm³/mol. The van der Waals surface area contributed by atoms with Gasteiger partial charge in [0.1, 0.15) is 5.75 Å². The largest absolute Gasteiger partial charge is 0.506 e. The standard InChI is InChI=1S/C13H8Br2N2O4/c14-7-1-3-10(15)9(5-7)13(19)16-11-6-8(17(20)21)2-4-12(11)18/h1-6,18H,(H,16,19). The molecule has 0 aliphatic rings. The zero-order chi connectivity index (χ0) is 15.6. The Bertz CT molecular complexity index is 734. The van der Waals surface area contributed by atoms with E-state index in [-0.39, 0.29) is 17.1 Å². The maximum atomic E-state index is 12.2. The van der Waals surface area contributed by atoms with Crippen LogP contribution in [0.15, 0.2) is 45.3 Å². The molecule has 0 spiro atoms.